The topological polar surface area (TPSA) is 44.9 Å². The highest BCUT2D eigenvalue weighted by atomic mass is 15.5. The summed E-state index contributed by atoms with van der Waals surface area (Å²) in [4.78, 5) is 2.07. The number of anilines is 2. The van der Waals surface area contributed by atoms with Gasteiger partial charge in [-0.25, -0.2) is 0 Å². The van der Waals surface area contributed by atoms with Crippen LogP contribution in [0.5, 0.6) is 0 Å². The molecule has 2 aromatic rings. The van der Waals surface area contributed by atoms with E-state index in [4.69, 9.17) is 10.8 Å². The third kappa shape index (κ3) is 5.35. The average molecular weight is 407 g/mol. The van der Waals surface area contributed by atoms with Gasteiger partial charge >= 0.3 is 0 Å². The number of rotatable bonds is 5. The van der Waals surface area contributed by atoms with E-state index in [9.17, 15) is 0 Å². The molecule has 4 heteroatoms. The normalized spacial score (nSPS) is 16.4. The molecule has 0 aliphatic carbocycles. The Bertz CT molecular complexity index is 825. The lowest BCUT2D eigenvalue weighted by atomic mass is 9.87. The molecule has 30 heavy (non-hydrogen) atoms. The van der Waals surface area contributed by atoms with E-state index in [1.807, 2.05) is 0 Å². The maximum absolute atomic E-state index is 6.59. The summed E-state index contributed by atoms with van der Waals surface area (Å²) < 4.78 is 0. The van der Waals surface area contributed by atoms with Crippen molar-refractivity contribution < 1.29 is 0 Å². The standard InChI is InChI=1S/C26H38N4/c1-6-20(2)21-10-14-23(15-11-21)30(25(27)28-29-18-8-7-9-19-29)24-16-12-22(13-17-24)26(3,4)5/h10-17,20H,6-9,18-19H2,1-5H3,(H2,27,28). The lowest BCUT2D eigenvalue weighted by molar-refractivity contribution is 0.238. The first kappa shape index (κ1) is 22.2. The first-order valence-electron chi connectivity index (χ1n) is 11.4. The summed E-state index contributed by atoms with van der Waals surface area (Å²) >= 11 is 0. The highest BCUT2D eigenvalue weighted by Gasteiger charge is 2.19. The Morgan fingerprint density at radius 1 is 0.967 bits per heavy atom. The lowest BCUT2D eigenvalue weighted by Gasteiger charge is -2.29. The van der Waals surface area contributed by atoms with Crippen LogP contribution < -0.4 is 10.6 Å². The fraction of sp³-hybridized carbons (Fsp3) is 0.500. The van der Waals surface area contributed by atoms with E-state index in [0.717, 1.165) is 30.9 Å². The van der Waals surface area contributed by atoms with Gasteiger partial charge in [0, 0.05) is 24.5 Å². The fourth-order valence-corrected chi connectivity index (χ4v) is 3.88. The van der Waals surface area contributed by atoms with Gasteiger partial charge in [0.2, 0.25) is 5.96 Å². The molecule has 1 aliphatic rings. The highest BCUT2D eigenvalue weighted by molar-refractivity contribution is 6.01. The van der Waals surface area contributed by atoms with Crippen molar-refractivity contribution in [1.82, 2.24) is 5.01 Å². The largest absolute Gasteiger partial charge is 0.368 e. The van der Waals surface area contributed by atoms with Crippen LogP contribution in [0, 0.1) is 0 Å². The molecular formula is C26H38N4. The molecule has 0 bridgehead atoms. The molecule has 0 aromatic heterocycles. The molecule has 1 fully saturated rings. The molecule has 0 saturated carbocycles. The fourth-order valence-electron chi connectivity index (χ4n) is 3.88. The molecule has 162 valence electrons. The molecule has 1 heterocycles. The van der Waals surface area contributed by atoms with Gasteiger partial charge in [-0.2, -0.15) is 0 Å². The summed E-state index contributed by atoms with van der Waals surface area (Å²) in [5, 5.41) is 6.90. The van der Waals surface area contributed by atoms with Crippen molar-refractivity contribution >= 4 is 17.3 Å². The maximum atomic E-state index is 6.59. The second kappa shape index (κ2) is 9.55. The zero-order valence-electron chi connectivity index (χ0n) is 19.4. The highest BCUT2D eigenvalue weighted by Crippen LogP contribution is 2.30. The van der Waals surface area contributed by atoms with E-state index in [1.54, 1.807) is 0 Å². The first-order valence-corrected chi connectivity index (χ1v) is 11.4. The minimum atomic E-state index is 0.120. The van der Waals surface area contributed by atoms with Gasteiger partial charge in [-0.3, -0.25) is 9.91 Å². The van der Waals surface area contributed by atoms with Crippen molar-refractivity contribution in [3.05, 3.63) is 59.7 Å². The van der Waals surface area contributed by atoms with Crippen LogP contribution in [0.4, 0.5) is 11.4 Å². The van der Waals surface area contributed by atoms with Crippen LogP contribution in [-0.2, 0) is 5.41 Å². The number of benzene rings is 2. The van der Waals surface area contributed by atoms with Crippen molar-refractivity contribution in [3.63, 3.8) is 0 Å². The number of hydrazone groups is 1. The third-order valence-corrected chi connectivity index (χ3v) is 6.13. The minimum Gasteiger partial charge on any atom is -0.368 e. The average Bonchev–Trinajstić information content (AvgIpc) is 2.74. The molecule has 2 aromatic carbocycles. The second-order valence-corrected chi connectivity index (χ2v) is 9.51. The van der Waals surface area contributed by atoms with E-state index in [1.165, 1.54) is 30.4 Å². The van der Waals surface area contributed by atoms with Crippen molar-refractivity contribution in [3.8, 4) is 0 Å². The van der Waals surface area contributed by atoms with E-state index < -0.39 is 0 Å². The molecule has 0 spiro atoms. The predicted octanol–water partition coefficient (Wildman–Crippen LogP) is 6.35. The summed E-state index contributed by atoms with van der Waals surface area (Å²) in [6.45, 7) is 13.2. The van der Waals surface area contributed by atoms with Crippen LogP contribution in [0.2, 0.25) is 0 Å². The maximum Gasteiger partial charge on any atom is 0.223 e. The van der Waals surface area contributed by atoms with Gasteiger partial charge in [-0.15, -0.1) is 5.10 Å². The van der Waals surface area contributed by atoms with E-state index >= 15 is 0 Å². The molecule has 3 rings (SSSR count). The number of hydrogen-bond acceptors (Lipinski definition) is 2. The summed E-state index contributed by atoms with van der Waals surface area (Å²) in [6.07, 6.45) is 4.78. The quantitative estimate of drug-likeness (QED) is 0.465. The summed E-state index contributed by atoms with van der Waals surface area (Å²) in [5.74, 6) is 1.08. The van der Waals surface area contributed by atoms with Gasteiger partial charge in [0.25, 0.3) is 0 Å². The predicted molar refractivity (Wildman–Crippen MR) is 129 cm³/mol. The second-order valence-electron chi connectivity index (χ2n) is 9.51. The zero-order valence-corrected chi connectivity index (χ0v) is 19.4. The first-order chi connectivity index (χ1) is 14.3. The smallest absolute Gasteiger partial charge is 0.223 e. The monoisotopic (exact) mass is 406 g/mol. The van der Waals surface area contributed by atoms with E-state index in [2.05, 4.69) is 93.1 Å². The van der Waals surface area contributed by atoms with Crippen LogP contribution in [0.15, 0.2) is 53.6 Å². The van der Waals surface area contributed by atoms with Crippen molar-refractivity contribution in [2.75, 3.05) is 18.0 Å². The molecule has 0 amide bonds. The molecule has 0 radical (unpaired) electrons. The van der Waals surface area contributed by atoms with Gasteiger partial charge in [0.15, 0.2) is 0 Å². The molecule has 2 N–H and O–H groups in total. The number of guanidine groups is 1. The zero-order chi connectivity index (χ0) is 21.7. The molecule has 1 atom stereocenters. The van der Waals surface area contributed by atoms with Crippen molar-refractivity contribution in [2.45, 2.75) is 71.6 Å². The van der Waals surface area contributed by atoms with Crippen molar-refractivity contribution in [1.29, 1.82) is 0 Å². The third-order valence-electron chi connectivity index (χ3n) is 6.13. The van der Waals surface area contributed by atoms with Crippen LogP contribution in [-0.4, -0.2) is 24.1 Å². The molecule has 1 unspecified atom stereocenters. The number of hydrogen-bond donors (Lipinski definition) is 1. The summed E-state index contributed by atoms with van der Waals surface area (Å²) in [6, 6.07) is 17.5. The minimum absolute atomic E-state index is 0.120. The SMILES string of the molecule is CCC(C)c1ccc(N(/C(N)=N/N2CCCCC2)c2ccc(C(C)(C)C)cc2)cc1. The Hall–Kier alpha value is -2.49. The van der Waals surface area contributed by atoms with E-state index in [0.29, 0.717) is 11.9 Å². The number of piperidine rings is 1. The Kier molecular flexibility index (Phi) is 7.06. The van der Waals surface area contributed by atoms with Gasteiger partial charge in [0.1, 0.15) is 0 Å². The van der Waals surface area contributed by atoms with Crippen LogP contribution >= 0.6 is 0 Å². The number of nitrogens with zero attached hydrogens (tertiary/aromatic N) is 3. The Balaban J connectivity index is 1.96. The van der Waals surface area contributed by atoms with Gasteiger partial charge in [-0.05, 0) is 72.4 Å². The van der Waals surface area contributed by atoms with Crippen LogP contribution in [0.3, 0.4) is 0 Å². The van der Waals surface area contributed by atoms with E-state index in [-0.39, 0.29) is 5.41 Å². The van der Waals surface area contributed by atoms with Crippen LogP contribution in [0.25, 0.3) is 0 Å². The summed E-state index contributed by atoms with van der Waals surface area (Å²) in [7, 11) is 0. The Labute approximate surface area is 182 Å². The van der Waals surface area contributed by atoms with Crippen LogP contribution in [0.1, 0.15) is 77.3 Å². The summed E-state index contributed by atoms with van der Waals surface area (Å²) in [5.41, 5.74) is 11.5. The molecule has 1 aliphatic heterocycles. The van der Waals surface area contributed by atoms with Gasteiger partial charge < -0.3 is 5.73 Å². The molecular weight excluding hydrogens is 368 g/mol. The number of nitrogens with two attached hydrogens (primary N) is 1. The van der Waals surface area contributed by atoms with Crippen molar-refractivity contribution in [2.24, 2.45) is 10.8 Å². The Morgan fingerprint density at radius 2 is 1.50 bits per heavy atom. The molecule has 1 saturated heterocycles. The lowest BCUT2D eigenvalue weighted by Crippen LogP contribution is -2.37. The van der Waals surface area contributed by atoms with Gasteiger partial charge in [0.05, 0.1) is 0 Å². The van der Waals surface area contributed by atoms with Gasteiger partial charge in [-0.1, -0.05) is 58.9 Å². The molecule has 4 nitrogen and oxygen atoms in total. The Morgan fingerprint density at radius 3 is 2.00 bits per heavy atom.